The van der Waals surface area contributed by atoms with Gasteiger partial charge in [-0.05, 0) is 30.2 Å². The molecule has 0 aliphatic carbocycles. The molecule has 0 fully saturated rings. The van der Waals surface area contributed by atoms with E-state index in [1.54, 1.807) is 11.3 Å². The Bertz CT molecular complexity index is 933. The molecule has 3 heterocycles. The van der Waals surface area contributed by atoms with Gasteiger partial charge in [0.2, 0.25) is 0 Å². The normalized spacial score (nSPS) is 13.8. The van der Waals surface area contributed by atoms with Gasteiger partial charge in [-0.2, -0.15) is 0 Å². The summed E-state index contributed by atoms with van der Waals surface area (Å²) in [5, 5.41) is 9.29. The van der Waals surface area contributed by atoms with E-state index in [0.29, 0.717) is 6.54 Å². The summed E-state index contributed by atoms with van der Waals surface area (Å²) >= 11 is 1.55. The molecule has 1 aliphatic heterocycles. The summed E-state index contributed by atoms with van der Waals surface area (Å²) in [4.78, 5) is 13.8. The molecular formula is C19H20N6S. The molecule has 1 aromatic carbocycles. The van der Waals surface area contributed by atoms with Crippen LogP contribution in [0.15, 0.2) is 52.8 Å². The van der Waals surface area contributed by atoms with Gasteiger partial charge in [0, 0.05) is 30.6 Å². The van der Waals surface area contributed by atoms with Crippen LogP contribution in [0.4, 0.5) is 5.13 Å². The number of benzene rings is 1. The number of hydrogen-bond acceptors (Lipinski definition) is 7. The van der Waals surface area contributed by atoms with Crippen molar-refractivity contribution in [2.45, 2.75) is 13.0 Å². The predicted octanol–water partition coefficient (Wildman–Crippen LogP) is 3.09. The molecule has 0 spiro atoms. The molecule has 4 rings (SSSR count). The van der Waals surface area contributed by atoms with Crippen molar-refractivity contribution >= 4 is 22.4 Å². The lowest BCUT2D eigenvalue weighted by Crippen LogP contribution is -2.35. The SMILES string of the molecule is NCc1cccc(-c2cccc(-c3csc(NC4=NCCCN4)n3)n2)c1. The molecule has 0 atom stereocenters. The fourth-order valence-electron chi connectivity index (χ4n) is 2.76. The van der Waals surface area contributed by atoms with Gasteiger partial charge in [-0.1, -0.05) is 24.3 Å². The smallest absolute Gasteiger partial charge is 0.197 e. The molecule has 0 unspecified atom stereocenters. The van der Waals surface area contributed by atoms with Crippen LogP contribution in [0.5, 0.6) is 0 Å². The van der Waals surface area contributed by atoms with Gasteiger partial charge in [0.15, 0.2) is 11.1 Å². The van der Waals surface area contributed by atoms with Gasteiger partial charge in [-0.25, -0.2) is 9.97 Å². The van der Waals surface area contributed by atoms with Crippen molar-refractivity contribution in [2.75, 3.05) is 18.4 Å². The van der Waals surface area contributed by atoms with E-state index < -0.39 is 0 Å². The van der Waals surface area contributed by atoms with E-state index in [9.17, 15) is 0 Å². The first-order valence-corrected chi connectivity index (χ1v) is 9.47. The second-order valence-corrected chi connectivity index (χ2v) is 6.84. The van der Waals surface area contributed by atoms with Crippen molar-refractivity contribution in [3.05, 3.63) is 53.4 Å². The number of guanidine groups is 1. The van der Waals surface area contributed by atoms with Gasteiger partial charge in [-0.3, -0.25) is 4.99 Å². The van der Waals surface area contributed by atoms with Crippen LogP contribution in [-0.2, 0) is 6.54 Å². The number of nitrogens with one attached hydrogen (secondary N) is 2. The van der Waals surface area contributed by atoms with Crippen LogP contribution in [0.2, 0.25) is 0 Å². The van der Waals surface area contributed by atoms with Crippen LogP contribution in [0.3, 0.4) is 0 Å². The number of anilines is 1. The van der Waals surface area contributed by atoms with Gasteiger partial charge in [-0.15, -0.1) is 11.3 Å². The molecule has 1 aliphatic rings. The Morgan fingerprint density at radius 2 is 1.96 bits per heavy atom. The number of nitrogens with zero attached hydrogens (tertiary/aromatic N) is 3. The molecule has 7 heteroatoms. The molecule has 0 saturated carbocycles. The summed E-state index contributed by atoms with van der Waals surface area (Å²) in [5.74, 6) is 0.789. The number of nitrogens with two attached hydrogens (primary N) is 1. The highest BCUT2D eigenvalue weighted by Gasteiger charge is 2.10. The number of thiazole rings is 1. The van der Waals surface area contributed by atoms with Crippen LogP contribution >= 0.6 is 11.3 Å². The Hall–Kier alpha value is -2.77. The lowest BCUT2D eigenvalue weighted by molar-refractivity contribution is 0.740. The van der Waals surface area contributed by atoms with Crippen LogP contribution in [0.1, 0.15) is 12.0 Å². The van der Waals surface area contributed by atoms with Gasteiger partial charge in [0.25, 0.3) is 0 Å². The van der Waals surface area contributed by atoms with E-state index >= 15 is 0 Å². The molecule has 4 N–H and O–H groups in total. The summed E-state index contributed by atoms with van der Waals surface area (Å²) in [6.45, 7) is 2.31. The largest absolute Gasteiger partial charge is 0.356 e. The maximum absolute atomic E-state index is 5.75. The fourth-order valence-corrected chi connectivity index (χ4v) is 3.47. The molecule has 6 nitrogen and oxygen atoms in total. The molecule has 0 radical (unpaired) electrons. The van der Waals surface area contributed by atoms with Crippen molar-refractivity contribution in [1.29, 1.82) is 0 Å². The van der Waals surface area contributed by atoms with Crippen molar-refractivity contribution < 1.29 is 0 Å². The Labute approximate surface area is 156 Å². The van der Waals surface area contributed by atoms with Crippen LogP contribution in [0, 0.1) is 0 Å². The Morgan fingerprint density at radius 1 is 1.08 bits per heavy atom. The molecule has 3 aromatic rings. The number of rotatable bonds is 4. The average molecular weight is 364 g/mol. The second kappa shape index (κ2) is 7.63. The highest BCUT2D eigenvalue weighted by Crippen LogP contribution is 2.26. The third kappa shape index (κ3) is 3.74. The lowest BCUT2D eigenvalue weighted by atomic mass is 10.1. The summed E-state index contributed by atoms with van der Waals surface area (Å²) in [5.41, 5.74) is 10.5. The summed E-state index contributed by atoms with van der Waals surface area (Å²) in [6.07, 6.45) is 1.07. The van der Waals surface area contributed by atoms with Gasteiger partial charge in [0.1, 0.15) is 5.69 Å². The van der Waals surface area contributed by atoms with Crippen molar-refractivity contribution in [3.8, 4) is 22.6 Å². The molecule has 0 amide bonds. The Kier molecular flexibility index (Phi) is 4.90. The predicted molar refractivity (Wildman–Crippen MR) is 107 cm³/mol. The number of aromatic nitrogens is 2. The first-order valence-electron chi connectivity index (χ1n) is 8.59. The molecule has 0 saturated heterocycles. The van der Waals surface area contributed by atoms with E-state index in [-0.39, 0.29) is 0 Å². The second-order valence-electron chi connectivity index (χ2n) is 5.99. The standard InChI is InChI=1S/C19H20N6S/c20-11-13-4-1-5-14(10-13)15-6-2-7-16(23-15)17-12-26-19(24-17)25-18-21-8-3-9-22-18/h1-2,4-7,10,12H,3,8-9,11,20H2,(H2,21,22,24,25). The van der Waals surface area contributed by atoms with Crippen molar-refractivity contribution in [2.24, 2.45) is 10.7 Å². The number of hydrogen-bond donors (Lipinski definition) is 3. The van der Waals surface area contributed by atoms with Crippen molar-refractivity contribution in [3.63, 3.8) is 0 Å². The van der Waals surface area contributed by atoms with Gasteiger partial charge in [0.05, 0.1) is 11.4 Å². The highest BCUT2D eigenvalue weighted by atomic mass is 32.1. The Balaban J connectivity index is 1.57. The van der Waals surface area contributed by atoms with E-state index in [1.807, 2.05) is 41.8 Å². The molecule has 2 aromatic heterocycles. The molecule has 132 valence electrons. The zero-order valence-corrected chi connectivity index (χ0v) is 15.1. The minimum atomic E-state index is 0.520. The van der Waals surface area contributed by atoms with E-state index in [2.05, 4.69) is 26.7 Å². The number of pyridine rings is 1. The van der Waals surface area contributed by atoms with Gasteiger partial charge < -0.3 is 16.4 Å². The lowest BCUT2D eigenvalue weighted by Gasteiger charge is -2.14. The Morgan fingerprint density at radius 3 is 2.81 bits per heavy atom. The maximum Gasteiger partial charge on any atom is 0.197 e. The van der Waals surface area contributed by atoms with Crippen LogP contribution < -0.4 is 16.4 Å². The van der Waals surface area contributed by atoms with Gasteiger partial charge >= 0.3 is 0 Å². The monoisotopic (exact) mass is 364 g/mol. The highest BCUT2D eigenvalue weighted by molar-refractivity contribution is 7.14. The van der Waals surface area contributed by atoms with Crippen LogP contribution in [0.25, 0.3) is 22.6 Å². The average Bonchev–Trinajstić information content (AvgIpc) is 3.17. The fraction of sp³-hybridized carbons (Fsp3) is 0.211. The summed E-state index contributed by atoms with van der Waals surface area (Å²) in [6, 6.07) is 14.1. The minimum Gasteiger partial charge on any atom is -0.356 e. The first-order chi connectivity index (χ1) is 12.8. The molecule has 26 heavy (non-hydrogen) atoms. The first kappa shape index (κ1) is 16.7. The van der Waals surface area contributed by atoms with E-state index in [1.165, 1.54) is 0 Å². The summed E-state index contributed by atoms with van der Waals surface area (Å²) < 4.78 is 0. The quantitative estimate of drug-likeness (QED) is 0.662. The maximum atomic E-state index is 5.75. The minimum absolute atomic E-state index is 0.520. The van der Waals surface area contributed by atoms with E-state index in [4.69, 9.17) is 10.7 Å². The zero-order chi connectivity index (χ0) is 17.8. The third-order valence-electron chi connectivity index (χ3n) is 4.10. The zero-order valence-electron chi connectivity index (χ0n) is 14.3. The topological polar surface area (TPSA) is 88.2 Å². The molecular weight excluding hydrogens is 344 g/mol. The van der Waals surface area contributed by atoms with Crippen LogP contribution in [-0.4, -0.2) is 29.0 Å². The summed E-state index contributed by atoms with van der Waals surface area (Å²) in [7, 11) is 0. The number of aliphatic imine (C=N–C) groups is 1. The third-order valence-corrected chi connectivity index (χ3v) is 4.85. The van der Waals surface area contributed by atoms with Crippen molar-refractivity contribution in [1.82, 2.24) is 15.3 Å². The molecule has 0 bridgehead atoms. The van der Waals surface area contributed by atoms with E-state index in [0.717, 1.165) is 58.8 Å².